The number of hydrogen-bond acceptors (Lipinski definition) is 6. The fraction of sp³-hybridized carbons (Fsp3) is 0.333. The number of nitrogens with zero attached hydrogens (tertiary/aromatic N) is 4. The van der Waals surface area contributed by atoms with Crippen molar-refractivity contribution in [1.82, 2.24) is 19.7 Å². The molecule has 0 aliphatic heterocycles. The van der Waals surface area contributed by atoms with E-state index in [1.54, 1.807) is 24.5 Å². The third-order valence-electron chi connectivity index (χ3n) is 2.47. The first-order valence-corrected chi connectivity index (χ1v) is 5.89. The zero-order valence-electron chi connectivity index (χ0n) is 10.8. The predicted octanol–water partition coefficient (Wildman–Crippen LogP) is 0.785. The smallest absolute Gasteiger partial charge is 0.326 e. The van der Waals surface area contributed by atoms with Gasteiger partial charge in [-0.3, -0.25) is 4.79 Å². The lowest BCUT2D eigenvalue weighted by molar-refractivity contribution is -0.133. The maximum atomic E-state index is 11.1. The van der Waals surface area contributed by atoms with Gasteiger partial charge in [-0.1, -0.05) is 6.07 Å². The van der Waals surface area contributed by atoms with Gasteiger partial charge < -0.3 is 15.0 Å². The Labute approximate surface area is 110 Å². The number of rotatable bonds is 4. The van der Waals surface area contributed by atoms with Gasteiger partial charge in [0.25, 0.3) is 0 Å². The zero-order valence-corrected chi connectivity index (χ0v) is 10.8. The molecular formula is C12H15N5O2. The van der Waals surface area contributed by atoms with Crippen molar-refractivity contribution in [2.24, 2.45) is 5.73 Å². The molecule has 0 amide bonds. The van der Waals surface area contributed by atoms with Gasteiger partial charge in [0.05, 0.1) is 6.54 Å². The Bertz CT molecular complexity index is 579. The molecule has 19 heavy (non-hydrogen) atoms. The summed E-state index contributed by atoms with van der Waals surface area (Å²) in [5.41, 5.74) is 5.78. The minimum Gasteiger partial charge on any atom is -0.406 e. The Morgan fingerprint density at radius 3 is 2.95 bits per heavy atom. The van der Waals surface area contributed by atoms with Crippen LogP contribution in [0.4, 0.5) is 0 Å². The van der Waals surface area contributed by atoms with Crippen LogP contribution in [0.1, 0.15) is 19.9 Å². The molecule has 0 bridgehead atoms. The van der Waals surface area contributed by atoms with Gasteiger partial charge in [-0.05, 0) is 19.9 Å². The summed E-state index contributed by atoms with van der Waals surface area (Å²) in [6.07, 6.45) is 1.64. The van der Waals surface area contributed by atoms with E-state index in [-0.39, 0.29) is 18.5 Å². The topological polar surface area (TPSA) is 95.9 Å². The highest BCUT2D eigenvalue weighted by Crippen LogP contribution is 2.20. The highest BCUT2D eigenvalue weighted by Gasteiger charge is 2.12. The molecule has 7 heteroatoms. The average molecular weight is 261 g/mol. The second-order valence-electron chi connectivity index (χ2n) is 4.19. The molecule has 0 fully saturated rings. The Morgan fingerprint density at radius 1 is 1.47 bits per heavy atom. The van der Waals surface area contributed by atoms with Crippen molar-refractivity contribution >= 4 is 5.97 Å². The summed E-state index contributed by atoms with van der Waals surface area (Å²) >= 11 is 0. The maximum Gasteiger partial charge on any atom is 0.326 e. The molecule has 2 heterocycles. The van der Waals surface area contributed by atoms with E-state index in [0.717, 1.165) is 0 Å². The molecular weight excluding hydrogens is 246 g/mol. The number of esters is 1. The molecule has 2 N–H and O–H groups in total. The Balaban J connectivity index is 2.32. The molecule has 0 unspecified atom stereocenters. The van der Waals surface area contributed by atoms with Crippen molar-refractivity contribution in [3.63, 3.8) is 0 Å². The standard InChI is InChI=1S/C12H15N5O2/c1-8(2)17-7-14-16-12(17)9-4-3-5-10(15-9)19-11(18)6-13/h3-5,7-8H,6,13H2,1-2H3. The third kappa shape index (κ3) is 2.94. The van der Waals surface area contributed by atoms with E-state index in [1.165, 1.54) is 0 Å². The van der Waals surface area contributed by atoms with E-state index < -0.39 is 5.97 Å². The van der Waals surface area contributed by atoms with Gasteiger partial charge in [-0.15, -0.1) is 10.2 Å². The largest absolute Gasteiger partial charge is 0.406 e. The molecule has 0 spiro atoms. The highest BCUT2D eigenvalue weighted by molar-refractivity contribution is 5.73. The Hall–Kier alpha value is -2.28. The van der Waals surface area contributed by atoms with Crippen molar-refractivity contribution in [3.8, 4) is 17.4 Å². The first-order chi connectivity index (χ1) is 9.11. The van der Waals surface area contributed by atoms with Crippen molar-refractivity contribution in [2.75, 3.05) is 6.54 Å². The Kier molecular flexibility index (Phi) is 3.86. The highest BCUT2D eigenvalue weighted by atomic mass is 16.5. The summed E-state index contributed by atoms with van der Waals surface area (Å²) in [6, 6.07) is 5.32. The molecule has 2 aromatic heterocycles. The van der Waals surface area contributed by atoms with Crippen molar-refractivity contribution < 1.29 is 9.53 Å². The number of hydrogen-bond donors (Lipinski definition) is 1. The van der Waals surface area contributed by atoms with E-state index in [9.17, 15) is 4.79 Å². The summed E-state index contributed by atoms with van der Waals surface area (Å²) < 4.78 is 6.86. The van der Waals surface area contributed by atoms with E-state index in [1.807, 2.05) is 18.4 Å². The van der Waals surface area contributed by atoms with E-state index >= 15 is 0 Å². The van der Waals surface area contributed by atoms with E-state index in [4.69, 9.17) is 10.5 Å². The SMILES string of the molecule is CC(C)n1cnnc1-c1cccc(OC(=O)CN)n1. The normalized spacial score (nSPS) is 10.7. The molecule has 100 valence electrons. The van der Waals surface area contributed by atoms with Crippen molar-refractivity contribution in [1.29, 1.82) is 0 Å². The number of ether oxygens (including phenoxy) is 1. The molecule has 0 aliphatic rings. The molecule has 0 saturated heterocycles. The first kappa shape index (κ1) is 13.2. The fourth-order valence-corrected chi connectivity index (χ4v) is 1.56. The van der Waals surface area contributed by atoms with Crippen LogP contribution in [-0.2, 0) is 4.79 Å². The minimum absolute atomic E-state index is 0.186. The van der Waals surface area contributed by atoms with Gasteiger partial charge in [-0.2, -0.15) is 0 Å². The van der Waals surface area contributed by atoms with Crippen LogP contribution >= 0.6 is 0 Å². The second kappa shape index (κ2) is 5.57. The zero-order chi connectivity index (χ0) is 13.8. The number of pyridine rings is 1. The first-order valence-electron chi connectivity index (χ1n) is 5.89. The summed E-state index contributed by atoms with van der Waals surface area (Å²) in [6.45, 7) is 3.85. The summed E-state index contributed by atoms with van der Waals surface area (Å²) in [5, 5.41) is 7.91. The third-order valence-corrected chi connectivity index (χ3v) is 2.47. The van der Waals surface area contributed by atoms with Crippen LogP contribution in [0.15, 0.2) is 24.5 Å². The average Bonchev–Trinajstić information content (AvgIpc) is 2.88. The van der Waals surface area contributed by atoms with Crippen LogP contribution in [0.25, 0.3) is 11.5 Å². The minimum atomic E-state index is -0.532. The van der Waals surface area contributed by atoms with Crippen molar-refractivity contribution in [3.05, 3.63) is 24.5 Å². The molecule has 2 rings (SSSR count). The lowest BCUT2D eigenvalue weighted by Gasteiger charge is -2.10. The maximum absolute atomic E-state index is 11.1. The molecule has 2 aromatic rings. The van der Waals surface area contributed by atoms with Crippen LogP contribution in [0, 0.1) is 0 Å². The molecule has 0 aromatic carbocycles. The van der Waals surface area contributed by atoms with Crippen LogP contribution < -0.4 is 10.5 Å². The van der Waals surface area contributed by atoms with Gasteiger partial charge in [0.15, 0.2) is 5.82 Å². The van der Waals surface area contributed by atoms with Gasteiger partial charge >= 0.3 is 5.97 Å². The predicted molar refractivity (Wildman–Crippen MR) is 68.3 cm³/mol. The monoisotopic (exact) mass is 261 g/mol. The lowest BCUT2D eigenvalue weighted by atomic mass is 10.3. The molecule has 7 nitrogen and oxygen atoms in total. The number of nitrogens with two attached hydrogens (primary N) is 1. The number of carbonyl (C=O) groups is 1. The summed E-state index contributed by atoms with van der Waals surface area (Å²) in [7, 11) is 0. The van der Waals surface area contributed by atoms with Gasteiger partial charge in [0, 0.05) is 12.1 Å². The number of carbonyl (C=O) groups excluding carboxylic acids is 1. The molecule has 0 saturated carbocycles. The van der Waals surface area contributed by atoms with Crippen LogP contribution in [-0.4, -0.2) is 32.3 Å². The van der Waals surface area contributed by atoms with Gasteiger partial charge in [-0.25, -0.2) is 4.98 Å². The van der Waals surface area contributed by atoms with E-state index in [2.05, 4.69) is 15.2 Å². The van der Waals surface area contributed by atoms with Crippen LogP contribution in [0.3, 0.4) is 0 Å². The quantitative estimate of drug-likeness (QED) is 0.817. The Morgan fingerprint density at radius 2 is 2.26 bits per heavy atom. The molecule has 0 radical (unpaired) electrons. The van der Waals surface area contributed by atoms with Gasteiger partial charge in [0.2, 0.25) is 5.88 Å². The van der Waals surface area contributed by atoms with E-state index in [0.29, 0.717) is 11.5 Å². The van der Waals surface area contributed by atoms with Crippen LogP contribution in [0.5, 0.6) is 5.88 Å². The number of aromatic nitrogens is 4. The van der Waals surface area contributed by atoms with Crippen LogP contribution in [0.2, 0.25) is 0 Å². The summed E-state index contributed by atoms with van der Waals surface area (Å²) in [4.78, 5) is 15.4. The molecule has 0 atom stereocenters. The second-order valence-corrected chi connectivity index (χ2v) is 4.19. The van der Waals surface area contributed by atoms with Crippen molar-refractivity contribution in [2.45, 2.75) is 19.9 Å². The molecule has 0 aliphatic carbocycles. The summed E-state index contributed by atoms with van der Waals surface area (Å²) in [5.74, 6) is 0.293. The van der Waals surface area contributed by atoms with Gasteiger partial charge in [0.1, 0.15) is 12.0 Å². The lowest BCUT2D eigenvalue weighted by Crippen LogP contribution is -2.20. The fourth-order valence-electron chi connectivity index (χ4n) is 1.56.